The Morgan fingerprint density at radius 1 is 0.448 bits per heavy atom. The zero-order valence-electron chi connectivity index (χ0n) is 20.3. The van der Waals surface area contributed by atoms with Gasteiger partial charge in [0.15, 0.2) is 0 Å². The molecule has 0 unspecified atom stereocenters. The van der Waals surface area contributed by atoms with Crippen LogP contribution in [0, 0.1) is 0 Å². The molecular formula is C28H55P. The molecule has 172 valence electrons. The highest BCUT2D eigenvalue weighted by Crippen LogP contribution is 2.59. The van der Waals surface area contributed by atoms with Crippen LogP contribution in [0.15, 0.2) is 0 Å². The van der Waals surface area contributed by atoms with E-state index in [9.17, 15) is 0 Å². The van der Waals surface area contributed by atoms with E-state index in [0.29, 0.717) is 7.92 Å². The summed E-state index contributed by atoms with van der Waals surface area (Å²) in [5.41, 5.74) is 2.39. The first kappa shape index (κ1) is 25.7. The lowest BCUT2D eigenvalue weighted by Crippen LogP contribution is -2.27. The lowest BCUT2D eigenvalue weighted by Gasteiger charge is -2.43. The molecule has 0 amide bonds. The van der Waals surface area contributed by atoms with Crippen LogP contribution < -0.4 is 0 Å². The van der Waals surface area contributed by atoms with E-state index in [1.165, 1.54) is 120 Å². The molecule has 0 aromatic heterocycles. The molecule has 0 radical (unpaired) electrons. The highest BCUT2D eigenvalue weighted by Gasteiger charge is 2.34. The van der Waals surface area contributed by atoms with Crippen LogP contribution in [0.5, 0.6) is 0 Å². The van der Waals surface area contributed by atoms with Gasteiger partial charge >= 0.3 is 0 Å². The fourth-order valence-electron chi connectivity index (χ4n) is 5.99. The van der Waals surface area contributed by atoms with E-state index < -0.39 is 0 Å². The van der Waals surface area contributed by atoms with Crippen molar-refractivity contribution in [1.82, 2.24) is 0 Å². The average Bonchev–Trinajstić information content (AvgIpc) is 2.72. The molecule has 0 atom stereocenters. The first-order valence-electron chi connectivity index (χ1n) is 14.2. The summed E-state index contributed by atoms with van der Waals surface area (Å²) >= 11 is 0. The van der Waals surface area contributed by atoms with Gasteiger partial charge in [-0.15, -0.1) is 7.92 Å². The van der Waals surface area contributed by atoms with Crippen LogP contribution in [-0.4, -0.2) is 17.5 Å². The Bertz CT molecular complexity index is 330. The molecule has 0 aliphatic carbocycles. The summed E-state index contributed by atoms with van der Waals surface area (Å²) in [6, 6.07) is 0. The Kier molecular flexibility index (Phi) is 16.0. The maximum atomic E-state index is 2.31. The number of hydrogen-bond acceptors (Lipinski definition) is 0. The summed E-state index contributed by atoms with van der Waals surface area (Å²) in [5.74, 6) is 0. The van der Waals surface area contributed by atoms with Gasteiger partial charge in [0.25, 0.3) is 0 Å². The second kappa shape index (κ2) is 18.0. The van der Waals surface area contributed by atoms with E-state index in [1.807, 2.05) is 0 Å². The lowest BCUT2D eigenvalue weighted by atomic mass is 9.99. The molecule has 2 saturated heterocycles. The topological polar surface area (TPSA) is 0 Å². The fraction of sp³-hybridized carbons (Fsp3) is 1.00. The predicted octanol–water partition coefficient (Wildman–Crippen LogP) is 10.6. The van der Waals surface area contributed by atoms with Crippen molar-refractivity contribution in [3.63, 3.8) is 0 Å². The first-order valence-corrected chi connectivity index (χ1v) is 15.8. The highest BCUT2D eigenvalue weighted by molar-refractivity contribution is 7.59. The molecule has 2 rings (SSSR count). The predicted molar refractivity (Wildman–Crippen MR) is 136 cm³/mol. The quantitative estimate of drug-likeness (QED) is 0.143. The summed E-state index contributed by atoms with van der Waals surface area (Å²) in [4.78, 5) is 0. The Morgan fingerprint density at radius 2 is 0.759 bits per heavy atom. The highest BCUT2D eigenvalue weighted by atomic mass is 31.1. The van der Waals surface area contributed by atoms with Gasteiger partial charge in [0.1, 0.15) is 0 Å². The summed E-state index contributed by atoms with van der Waals surface area (Å²) in [6.07, 6.45) is 38.1. The van der Waals surface area contributed by atoms with Crippen molar-refractivity contribution in [3.8, 4) is 0 Å². The van der Waals surface area contributed by atoms with Crippen LogP contribution in [0.4, 0.5) is 0 Å². The van der Waals surface area contributed by atoms with Crippen LogP contribution in [-0.2, 0) is 0 Å². The van der Waals surface area contributed by atoms with Gasteiger partial charge in [-0.1, -0.05) is 129 Å². The van der Waals surface area contributed by atoms with Crippen LogP contribution in [0.3, 0.4) is 0 Å². The zero-order chi connectivity index (χ0) is 20.4. The fourth-order valence-corrected chi connectivity index (χ4v) is 9.96. The van der Waals surface area contributed by atoms with Gasteiger partial charge in [-0.2, -0.15) is 0 Å². The maximum absolute atomic E-state index is 2.31. The molecule has 0 aromatic carbocycles. The molecule has 0 aromatic rings. The van der Waals surface area contributed by atoms with Gasteiger partial charge < -0.3 is 0 Å². The molecule has 2 fully saturated rings. The van der Waals surface area contributed by atoms with Crippen molar-refractivity contribution in [2.75, 3.05) is 6.16 Å². The molecule has 2 aliphatic rings. The zero-order valence-corrected chi connectivity index (χ0v) is 21.2. The monoisotopic (exact) mass is 422 g/mol. The van der Waals surface area contributed by atoms with Crippen molar-refractivity contribution < 1.29 is 0 Å². The third-order valence-electron chi connectivity index (χ3n) is 7.86. The maximum Gasteiger partial charge on any atom is -0.0207 e. The van der Waals surface area contributed by atoms with Gasteiger partial charge in [0.2, 0.25) is 0 Å². The molecule has 2 bridgehead atoms. The minimum atomic E-state index is 0.446. The van der Waals surface area contributed by atoms with E-state index in [1.54, 1.807) is 51.1 Å². The van der Waals surface area contributed by atoms with E-state index in [2.05, 4.69) is 6.92 Å². The Labute approximate surface area is 186 Å². The van der Waals surface area contributed by atoms with Crippen molar-refractivity contribution in [2.24, 2.45) is 0 Å². The second-order valence-corrected chi connectivity index (χ2v) is 13.4. The van der Waals surface area contributed by atoms with Crippen LogP contribution >= 0.6 is 7.92 Å². The van der Waals surface area contributed by atoms with E-state index >= 15 is 0 Å². The molecule has 0 nitrogen and oxygen atoms in total. The molecule has 29 heavy (non-hydrogen) atoms. The Balaban J connectivity index is 1.26. The summed E-state index contributed by atoms with van der Waals surface area (Å²) in [6.45, 7) is 2.31. The molecule has 2 heterocycles. The van der Waals surface area contributed by atoms with Crippen LogP contribution in [0.1, 0.15) is 161 Å². The van der Waals surface area contributed by atoms with Gasteiger partial charge in [-0.25, -0.2) is 0 Å². The van der Waals surface area contributed by atoms with Crippen molar-refractivity contribution in [3.05, 3.63) is 0 Å². The lowest BCUT2D eigenvalue weighted by molar-refractivity contribution is 0.473. The number of hydrogen-bond donors (Lipinski definition) is 0. The standard InChI is InChI=1S/C28H55P/c1-2-3-4-5-6-7-8-9-10-11-12-13-14-15-16-17-18-19-26-29-27-22-20-23-28(29)25-21-24-27/h27-28H,2-26H2,1H3. The van der Waals surface area contributed by atoms with Crippen molar-refractivity contribution in [2.45, 2.75) is 172 Å². The average molecular weight is 423 g/mol. The number of rotatable bonds is 19. The minimum absolute atomic E-state index is 0.446. The van der Waals surface area contributed by atoms with E-state index in [0.717, 1.165) is 0 Å². The molecular weight excluding hydrogens is 367 g/mol. The third kappa shape index (κ3) is 12.1. The largest absolute Gasteiger partial charge is 0.100 e. The number of unbranched alkanes of at least 4 members (excludes halogenated alkanes) is 17. The van der Waals surface area contributed by atoms with E-state index in [-0.39, 0.29) is 0 Å². The number of fused-ring (bicyclic) bond motifs is 2. The summed E-state index contributed by atoms with van der Waals surface area (Å²) < 4.78 is 0. The summed E-state index contributed by atoms with van der Waals surface area (Å²) in [5, 5.41) is 0. The molecule has 0 N–H and O–H groups in total. The van der Waals surface area contributed by atoms with Crippen molar-refractivity contribution >= 4 is 7.92 Å². The van der Waals surface area contributed by atoms with E-state index in [4.69, 9.17) is 0 Å². The summed E-state index contributed by atoms with van der Waals surface area (Å²) in [7, 11) is 0.446. The second-order valence-electron chi connectivity index (χ2n) is 10.4. The van der Waals surface area contributed by atoms with Gasteiger partial charge in [-0.3, -0.25) is 0 Å². The normalized spacial score (nSPS) is 24.1. The smallest absolute Gasteiger partial charge is 0.0207 e. The van der Waals surface area contributed by atoms with Crippen molar-refractivity contribution in [1.29, 1.82) is 0 Å². The first-order chi connectivity index (χ1) is 14.4. The Morgan fingerprint density at radius 3 is 1.10 bits per heavy atom. The minimum Gasteiger partial charge on any atom is -0.100 e. The third-order valence-corrected chi connectivity index (χ3v) is 11.6. The van der Waals surface area contributed by atoms with Gasteiger partial charge in [0.05, 0.1) is 0 Å². The van der Waals surface area contributed by atoms with Crippen LogP contribution in [0.25, 0.3) is 0 Å². The SMILES string of the molecule is CCCCCCCCCCCCCCCCCCCCP1C2CCCC1CCC2. The van der Waals surface area contributed by atoms with Crippen LogP contribution in [0.2, 0.25) is 0 Å². The van der Waals surface area contributed by atoms with Gasteiger partial charge in [-0.05, 0) is 49.6 Å². The van der Waals surface area contributed by atoms with Gasteiger partial charge in [0, 0.05) is 0 Å². The molecule has 1 heteroatoms. The molecule has 0 saturated carbocycles. The molecule has 0 spiro atoms. The Hall–Kier alpha value is 0.430. The molecule has 2 aliphatic heterocycles.